The largest absolute Gasteiger partial charge is 0.400 e. The molecule has 1 fully saturated rings. The van der Waals surface area contributed by atoms with E-state index in [0.29, 0.717) is 6.61 Å². The van der Waals surface area contributed by atoms with Gasteiger partial charge in [0.15, 0.2) is 0 Å². The van der Waals surface area contributed by atoms with Crippen LogP contribution in [0.4, 0.5) is 0 Å². The minimum Gasteiger partial charge on any atom is -0.400 e. The molecule has 14 heavy (non-hydrogen) atoms. The maximum absolute atomic E-state index is 8.67. The number of rotatable bonds is 2. The van der Waals surface area contributed by atoms with Gasteiger partial charge >= 0.3 is 0 Å². The second-order valence-corrected chi connectivity index (χ2v) is 3.26. The lowest BCUT2D eigenvalue weighted by Gasteiger charge is -2.28. The summed E-state index contributed by atoms with van der Waals surface area (Å²) in [4.78, 5) is 2.36. The van der Waals surface area contributed by atoms with Crippen molar-refractivity contribution in [3.05, 3.63) is 0 Å². The third-order valence-corrected chi connectivity index (χ3v) is 2.38. The highest BCUT2D eigenvalue weighted by atomic mass is 16.3. The maximum Gasteiger partial charge on any atom is 0.0433 e. The first-order valence-electron chi connectivity index (χ1n) is 5.57. The Morgan fingerprint density at radius 2 is 1.57 bits per heavy atom. The van der Waals surface area contributed by atoms with E-state index in [1.807, 2.05) is 13.8 Å². The molecule has 1 aliphatic heterocycles. The quantitative estimate of drug-likeness (QED) is 0.715. The molecule has 0 aliphatic carbocycles. The number of aliphatic hydroxyl groups is 2. The van der Waals surface area contributed by atoms with Crippen LogP contribution in [0.5, 0.6) is 0 Å². The second-order valence-electron chi connectivity index (χ2n) is 3.26. The van der Waals surface area contributed by atoms with E-state index >= 15 is 0 Å². The van der Waals surface area contributed by atoms with E-state index in [1.54, 1.807) is 0 Å². The maximum atomic E-state index is 8.67. The Kier molecular flexibility index (Phi) is 15.0. The summed E-state index contributed by atoms with van der Waals surface area (Å²) >= 11 is 0. The molecule has 0 saturated carbocycles. The molecular formula is C11H27NO2. The first kappa shape index (κ1) is 16.3. The summed E-state index contributed by atoms with van der Waals surface area (Å²) in [7, 11) is 3.16. The van der Waals surface area contributed by atoms with Gasteiger partial charge in [0.2, 0.25) is 0 Å². The zero-order chi connectivity index (χ0) is 11.4. The Bertz CT molecular complexity index is 91.3. The number of nitrogens with zero attached hydrogens (tertiary/aromatic N) is 1. The number of piperidine rings is 1. The molecule has 0 aromatic carbocycles. The predicted octanol–water partition coefficient (Wildman–Crippen LogP) is 1.35. The van der Waals surface area contributed by atoms with Gasteiger partial charge in [-0.1, -0.05) is 13.8 Å². The van der Waals surface area contributed by atoms with E-state index in [1.165, 1.54) is 25.9 Å². The van der Waals surface area contributed by atoms with Gasteiger partial charge in [0.25, 0.3) is 0 Å². The second kappa shape index (κ2) is 12.9. The summed E-state index contributed by atoms with van der Waals surface area (Å²) in [6.45, 7) is 6.80. The molecule has 0 aromatic rings. The molecule has 3 nitrogen and oxygen atoms in total. The predicted molar refractivity (Wildman–Crippen MR) is 61.4 cm³/mol. The van der Waals surface area contributed by atoms with Crippen LogP contribution < -0.4 is 0 Å². The van der Waals surface area contributed by atoms with Gasteiger partial charge in [-0.15, -0.1) is 0 Å². The molecule has 88 valence electrons. The molecule has 3 heteroatoms. The monoisotopic (exact) mass is 205 g/mol. The van der Waals surface area contributed by atoms with Crippen molar-refractivity contribution in [2.75, 3.05) is 33.9 Å². The van der Waals surface area contributed by atoms with Crippen molar-refractivity contribution in [2.45, 2.75) is 33.1 Å². The van der Waals surface area contributed by atoms with Crippen LogP contribution in [0.2, 0.25) is 0 Å². The molecule has 0 spiro atoms. The van der Waals surface area contributed by atoms with Gasteiger partial charge in [-0.2, -0.15) is 0 Å². The highest BCUT2D eigenvalue weighted by Gasteiger charge is 2.15. The summed E-state index contributed by atoms with van der Waals surface area (Å²) in [5.41, 5.74) is 0. The molecule has 2 N–H and O–H groups in total. The van der Waals surface area contributed by atoms with Crippen LogP contribution in [-0.4, -0.2) is 49.0 Å². The van der Waals surface area contributed by atoms with E-state index in [0.717, 1.165) is 19.4 Å². The molecule has 0 aromatic heterocycles. The first-order valence-corrected chi connectivity index (χ1v) is 5.57. The van der Waals surface area contributed by atoms with Crippen LogP contribution in [0.15, 0.2) is 0 Å². The summed E-state index contributed by atoms with van der Waals surface area (Å²) in [5.74, 6) is 0.793. The third-order valence-electron chi connectivity index (χ3n) is 2.38. The van der Waals surface area contributed by atoms with Crippen molar-refractivity contribution < 1.29 is 10.2 Å². The van der Waals surface area contributed by atoms with Crippen molar-refractivity contribution >= 4 is 0 Å². The van der Waals surface area contributed by atoms with Crippen LogP contribution in [0.3, 0.4) is 0 Å². The number of aliphatic hydroxyl groups excluding tert-OH is 2. The van der Waals surface area contributed by atoms with Gasteiger partial charge in [-0.25, -0.2) is 0 Å². The first-order chi connectivity index (χ1) is 6.83. The van der Waals surface area contributed by atoms with E-state index in [9.17, 15) is 0 Å². The van der Waals surface area contributed by atoms with Crippen LogP contribution in [0.25, 0.3) is 0 Å². The smallest absolute Gasteiger partial charge is 0.0433 e. The summed E-state index contributed by atoms with van der Waals surface area (Å²) in [5, 5.41) is 15.7. The molecule has 0 atom stereocenters. The van der Waals surface area contributed by atoms with Crippen LogP contribution in [0.1, 0.15) is 33.1 Å². The Labute approximate surface area is 88.7 Å². The molecule has 1 saturated heterocycles. The average molecular weight is 205 g/mol. The fourth-order valence-corrected chi connectivity index (χ4v) is 1.53. The van der Waals surface area contributed by atoms with E-state index in [-0.39, 0.29) is 0 Å². The van der Waals surface area contributed by atoms with Crippen LogP contribution in [0, 0.1) is 5.92 Å². The van der Waals surface area contributed by atoms with E-state index < -0.39 is 0 Å². The standard InChI is InChI=1S/C8H17NO.C2H6.CH4O/c1-9-5-2-8(3-6-9)4-7-10;2*1-2/h8,10H,2-7H2,1H3;1-2H3;2H,1H3. The van der Waals surface area contributed by atoms with E-state index in [4.69, 9.17) is 10.2 Å². The van der Waals surface area contributed by atoms with Gasteiger partial charge in [0.05, 0.1) is 0 Å². The summed E-state index contributed by atoms with van der Waals surface area (Å²) in [6, 6.07) is 0. The Morgan fingerprint density at radius 1 is 1.14 bits per heavy atom. The Morgan fingerprint density at radius 3 is 1.93 bits per heavy atom. The van der Waals surface area contributed by atoms with Crippen molar-refractivity contribution in [3.63, 3.8) is 0 Å². The number of hydrogen-bond donors (Lipinski definition) is 2. The minimum atomic E-state index is 0.369. The molecule has 1 rings (SSSR count). The van der Waals surface area contributed by atoms with Gasteiger partial charge in [0, 0.05) is 13.7 Å². The lowest BCUT2D eigenvalue weighted by atomic mass is 9.94. The van der Waals surface area contributed by atoms with Gasteiger partial charge < -0.3 is 15.1 Å². The molecule has 0 unspecified atom stereocenters. The van der Waals surface area contributed by atoms with Crippen LogP contribution >= 0.6 is 0 Å². The summed E-state index contributed by atoms with van der Waals surface area (Å²) < 4.78 is 0. The Balaban J connectivity index is 0. The van der Waals surface area contributed by atoms with Crippen molar-refractivity contribution in [1.29, 1.82) is 0 Å². The number of hydrogen-bond acceptors (Lipinski definition) is 3. The summed E-state index contributed by atoms with van der Waals surface area (Å²) in [6.07, 6.45) is 3.56. The van der Waals surface area contributed by atoms with Crippen LogP contribution in [-0.2, 0) is 0 Å². The fraction of sp³-hybridized carbons (Fsp3) is 1.00. The SMILES string of the molecule is CC.CN1CCC(CCO)CC1.CO. The van der Waals surface area contributed by atoms with Crippen molar-refractivity contribution in [3.8, 4) is 0 Å². The lowest BCUT2D eigenvalue weighted by molar-refractivity contribution is 0.180. The molecule has 0 amide bonds. The van der Waals surface area contributed by atoms with Gasteiger partial charge in [0.1, 0.15) is 0 Å². The highest BCUT2D eigenvalue weighted by Crippen LogP contribution is 2.18. The molecule has 0 radical (unpaired) electrons. The van der Waals surface area contributed by atoms with Crippen molar-refractivity contribution in [1.82, 2.24) is 4.90 Å². The molecule has 1 heterocycles. The Hall–Kier alpha value is -0.120. The zero-order valence-electron chi connectivity index (χ0n) is 10.2. The molecule has 0 bridgehead atoms. The lowest BCUT2D eigenvalue weighted by Crippen LogP contribution is -2.30. The number of likely N-dealkylation sites (tertiary alicyclic amines) is 1. The molecular weight excluding hydrogens is 178 g/mol. The average Bonchev–Trinajstić information content (AvgIpc) is 2.28. The topological polar surface area (TPSA) is 43.7 Å². The van der Waals surface area contributed by atoms with Gasteiger partial charge in [-0.05, 0) is 45.3 Å². The van der Waals surface area contributed by atoms with Gasteiger partial charge in [-0.3, -0.25) is 0 Å². The normalized spacial score (nSPS) is 17.6. The fourth-order valence-electron chi connectivity index (χ4n) is 1.53. The minimum absolute atomic E-state index is 0.369. The third kappa shape index (κ3) is 8.48. The molecule has 1 aliphatic rings. The highest BCUT2D eigenvalue weighted by molar-refractivity contribution is 4.69. The zero-order valence-corrected chi connectivity index (χ0v) is 10.2. The van der Waals surface area contributed by atoms with E-state index in [2.05, 4.69) is 11.9 Å². The van der Waals surface area contributed by atoms with Crippen molar-refractivity contribution in [2.24, 2.45) is 5.92 Å².